The monoisotopic (exact) mass is 290 g/mol. The van der Waals surface area contributed by atoms with Gasteiger partial charge < -0.3 is 0 Å². The summed E-state index contributed by atoms with van der Waals surface area (Å²) in [6, 6.07) is 0. The molecular weight excluding hydrogens is 275 g/mol. The van der Waals surface area contributed by atoms with Crippen LogP contribution in [0.3, 0.4) is 0 Å². The van der Waals surface area contributed by atoms with Crippen molar-refractivity contribution in [2.45, 2.75) is 42.8 Å². The number of aromatic nitrogens is 2. The highest BCUT2D eigenvalue weighted by molar-refractivity contribution is 9.09. The zero-order valence-corrected chi connectivity index (χ0v) is 11.3. The minimum Gasteiger partial charge on any atom is -0.271 e. The molecule has 1 aromatic rings. The van der Waals surface area contributed by atoms with Crippen molar-refractivity contribution >= 4 is 27.5 Å². The number of rotatable bonds is 1. The van der Waals surface area contributed by atoms with E-state index in [0.29, 0.717) is 10.7 Å². The molecule has 0 amide bonds. The number of aryl methyl sites for hydroxylation is 1. The lowest BCUT2D eigenvalue weighted by Crippen LogP contribution is -2.09. The predicted molar refractivity (Wildman–Crippen MR) is 66.8 cm³/mol. The van der Waals surface area contributed by atoms with Gasteiger partial charge in [0, 0.05) is 17.8 Å². The van der Waals surface area contributed by atoms with E-state index in [0.717, 1.165) is 5.02 Å². The van der Waals surface area contributed by atoms with Crippen LogP contribution in [-0.2, 0) is 7.05 Å². The maximum atomic E-state index is 6.18. The van der Waals surface area contributed by atoms with Crippen LogP contribution in [0.1, 0.15) is 43.7 Å². The zero-order valence-electron chi connectivity index (χ0n) is 8.92. The molecule has 0 N–H and O–H groups in total. The van der Waals surface area contributed by atoms with Gasteiger partial charge in [-0.2, -0.15) is 5.10 Å². The predicted octanol–water partition coefficient (Wildman–Crippen LogP) is 3.88. The lowest BCUT2D eigenvalue weighted by molar-refractivity contribution is 0.547. The second kappa shape index (κ2) is 4.88. The summed E-state index contributed by atoms with van der Waals surface area (Å²) in [6.07, 6.45) is 8.08. The van der Waals surface area contributed by atoms with E-state index in [1.54, 1.807) is 6.20 Å². The fraction of sp³-hybridized carbons (Fsp3) is 0.727. The van der Waals surface area contributed by atoms with Gasteiger partial charge in [-0.3, -0.25) is 4.68 Å². The fourth-order valence-electron chi connectivity index (χ4n) is 2.43. The molecular formula is C11H16BrClN2. The maximum Gasteiger partial charge on any atom is 0.0820 e. The Balaban J connectivity index is 2.21. The molecule has 2 atom stereocenters. The van der Waals surface area contributed by atoms with Crippen molar-refractivity contribution in [3.63, 3.8) is 0 Å². The number of nitrogens with zero attached hydrogens (tertiary/aromatic N) is 2. The first-order valence-corrected chi connectivity index (χ1v) is 6.79. The van der Waals surface area contributed by atoms with Crippen LogP contribution in [0.15, 0.2) is 6.20 Å². The summed E-state index contributed by atoms with van der Waals surface area (Å²) in [5, 5.41) is 5.04. The lowest BCUT2D eigenvalue weighted by atomic mass is 9.96. The molecule has 2 unspecified atom stereocenters. The van der Waals surface area contributed by atoms with Crippen molar-refractivity contribution < 1.29 is 0 Å². The summed E-state index contributed by atoms with van der Waals surface area (Å²) in [4.78, 5) is 0.635. The summed E-state index contributed by atoms with van der Waals surface area (Å²) in [6.45, 7) is 0. The highest BCUT2D eigenvalue weighted by atomic mass is 79.9. The first-order chi connectivity index (χ1) is 7.18. The van der Waals surface area contributed by atoms with Crippen molar-refractivity contribution in [2.24, 2.45) is 7.05 Å². The molecule has 0 radical (unpaired) electrons. The number of hydrogen-bond acceptors (Lipinski definition) is 1. The highest BCUT2D eigenvalue weighted by Crippen LogP contribution is 2.37. The maximum absolute atomic E-state index is 6.18. The normalized spacial score (nSPS) is 27.7. The third-order valence-corrected chi connectivity index (χ3v) is 4.31. The Hall–Kier alpha value is -0.0200. The van der Waals surface area contributed by atoms with Crippen LogP contribution in [0.25, 0.3) is 0 Å². The van der Waals surface area contributed by atoms with Gasteiger partial charge in [-0.25, -0.2) is 0 Å². The molecule has 4 heteroatoms. The van der Waals surface area contributed by atoms with E-state index in [-0.39, 0.29) is 0 Å². The molecule has 1 aliphatic rings. The summed E-state index contributed by atoms with van der Waals surface area (Å²) < 4.78 is 1.93. The molecule has 0 saturated heterocycles. The van der Waals surface area contributed by atoms with Gasteiger partial charge in [-0.05, 0) is 19.3 Å². The van der Waals surface area contributed by atoms with Gasteiger partial charge in [0.1, 0.15) is 0 Å². The highest BCUT2D eigenvalue weighted by Gasteiger charge is 2.24. The minimum absolute atomic E-state index is 0.567. The Morgan fingerprint density at radius 1 is 1.47 bits per heavy atom. The molecule has 1 aromatic heterocycles. The van der Waals surface area contributed by atoms with Crippen LogP contribution in [0.5, 0.6) is 0 Å². The topological polar surface area (TPSA) is 17.8 Å². The molecule has 2 rings (SSSR count). The molecule has 1 saturated carbocycles. The van der Waals surface area contributed by atoms with Crippen LogP contribution in [-0.4, -0.2) is 14.6 Å². The molecule has 0 spiro atoms. The van der Waals surface area contributed by atoms with Crippen LogP contribution >= 0.6 is 27.5 Å². The van der Waals surface area contributed by atoms with Crippen LogP contribution < -0.4 is 0 Å². The average molecular weight is 292 g/mol. The molecule has 0 bridgehead atoms. The molecule has 15 heavy (non-hydrogen) atoms. The molecule has 2 nitrogen and oxygen atoms in total. The standard InChI is InChI=1S/C11H16BrClN2/c1-15-11(10(13)7-14-15)8-4-2-3-5-9(12)6-8/h7-9H,2-6H2,1H3. The lowest BCUT2D eigenvalue weighted by Gasteiger charge is -2.17. The largest absolute Gasteiger partial charge is 0.271 e. The van der Waals surface area contributed by atoms with Crippen molar-refractivity contribution in [1.82, 2.24) is 9.78 Å². The molecule has 1 aliphatic carbocycles. The van der Waals surface area contributed by atoms with Gasteiger partial charge in [0.25, 0.3) is 0 Å². The van der Waals surface area contributed by atoms with E-state index < -0.39 is 0 Å². The number of halogens is 2. The van der Waals surface area contributed by atoms with Gasteiger partial charge in [0.15, 0.2) is 0 Å². The molecule has 0 aromatic carbocycles. The first-order valence-electron chi connectivity index (χ1n) is 5.50. The SMILES string of the molecule is Cn1ncc(Cl)c1C1CCCCC(Br)C1. The average Bonchev–Trinajstić information content (AvgIpc) is 2.40. The first kappa shape index (κ1) is 11.5. The van der Waals surface area contributed by atoms with E-state index in [1.807, 2.05) is 11.7 Å². The molecule has 1 heterocycles. The molecule has 0 aliphatic heterocycles. The fourth-order valence-corrected chi connectivity index (χ4v) is 3.52. The van der Waals surface area contributed by atoms with E-state index in [1.165, 1.54) is 37.8 Å². The zero-order chi connectivity index (χ0) is 10.8. The Kier molecular flexibility index (Phi) is 3.73. The Labute approximate surface area is 104 Å². The van der Waals surface area contributed by atoms with E-state index in [9.17, 15) is 0 Å². The summed E-state index contributed by atoms with van der Waals surface area (Å²) in [7, 11) is 1.98. The van der Waals surface area contributed by atoms with Gasteiger partial charge >= 0.3 is 0 Å². The van der Waals surface area contributed by atoms with Gasteiger partial charge in [-0.15, -0.1) is 0 Å². The van der Waals surface area contributed by atoms with E-state index in [2.05, 4.69) is 21.0 Å². The van der Waals surface area contributed by atoms with E-state index in [4.69, 9.17) is 11.6 Å². The van der Waals surface area contributed by atoms with E-state index >= 15 is 0 Å². The van der Waals surface area contributed by atoms with Gasteiger partial charge in [-0.1, -0.05) is 40.4 Å². The second-order valence-electron chi connectivity index (χ2n) is 4.32. The molecule has 1 fully saturated rings. The van der Waals surface area contributed by atoms with Crippen molar-refractivity contribution in [1.29, 1.82) is 0 Å². The number of alkyl halides is 1. The van der Waals surface area contributed by atoms with Crippen LogP contribution in [0.4, 0.5) is 0 Å². The summed E-state index contributed by atoms with van der Waals surface area (Å²) >= 11 is 9.92. The van der Waals surface area contributed by atoms with Gasteiger partial charge in [0.2, 0.25) is 0 Å². The minimum atomic E-state index is 0.567. The summed E-state index contributed by atoms with van der Waals surface area (Å²) in [5.74, 6) is 0.567. The quantitative estimate of drug-likeness (QED) is 0.567. The van der Waals surface area contributed by atoms with Crippen LogP contribution in [0, 0.1) is 0 Å². The Bertz CT molecular complexity index is 318. The number of hydrogen-bond donors (Lipinski definition) is 0. The van der Waals surface area contributed by atoms with Crippen molar-refractivity contribution in [2.75, 3.05) is 0 Å². The molecule has 84 valence electrons. The summed E-state index contributed by atoms with van der Waals surface area (Å²) in [5.41, 5.74) is 1.21. The van der Waals surface area contributed by atoms with Crippen LogP contribution in [0.2, 0.25) is 5.02 Å². The third-order valence-electron chi connectivity index (χ3n) is 3.18. The smallest absolute Gasteiger partial charge is 0.0820 e. The Morgan fingerprint density at radius 3 is 2.87 bits per heavy atom. The second-order valence-corrected chi connectivity index (χ2v) is 6.02. The van der Waals surface area contributed by atoms with Crippen molar-refractivity contribution in [3.05, 3.63) is 16.9 Å². The Morgan fingerprint density at radius 2 is 2.20 bits per heavy atom. The third kappa shape index (κ3) is 2.56. The van der Waals surface area contributed by atoms with Crippen molar-refractivity contribution in [3.8, 4) is 0 Å². The van der Waals surface area contributed by atoms with Gasteiger partial charge in [0.05, 0.1) is 16.9 Å².